The van der Waals surface area contributed by atoms with Crippen LogP contribution < -0.4 is 10.6 Å². The molecule has 8 nitrogen and oxygen atoms in total. The summed E-state index contributed by atoms with van der Waals surface area (Å²) in [5, 5.41) is 9.39. The highest BCUT2D eigenvalue weighted by atomic mass is 15.2. The number of aromatic amines is 2. The van der Waals surface area contributed by atoms with E-state index in [1.54, 1.807) is 6.33 Å². The van der Waals surface area contributed by atoms with E-state index in [2.05, 4.69) is 79.2 Å². The lowest BCUT2D eigenvalue weighted by Gasteiger charge is -2.31. The van der Waals surface area contributed by atoms with E-state index in [4.69, 9.17) is 5.73 Å². The summed E-state index contributed by atoms with van der Waals surface area (Å²) >= 11 is 0. The lowest BCUT2D eigenvalue weighted by Crippen LogP contribution is -2.40. The molecule has 0 atom stereocenters. The summed E-state index contributed by atoms with van der Waals surface area (Å²) in [4.78, 5) is 19.5. The van der Waals surface area contributed by atoms with Gasteiger partial charge in [0, 0.05) is 58.8 Å². The third kappa shape index (κ3) is 3.51. The number of aromatic nitrogens is 6. The number of nitrogens with one attached hydrogen (secondary N) is 2. The fourth-order valence-corrected chi connectivity index (χ4v) is 5.06. The molecule has 1 aliphatic heterocycles. The van der Waals surface area contributed by atoms with Crippen LogP contribution >= 0.6 is 0 Å². The standard InChI is InChI=1S/C26H28N8/c1-15(2)24-19-11-16(22-12-23(30-14-29-22)34-9-6-17(27)7-10-34)3-4-21(19)32-25(24)18-5-8-28-26-20(18)13-31-33-26/h3-5,8,11-15,17,32H,6-7,9-10,27H2,1-2H3,(H,28,31,33). The van der Waals surface area contributed by atoms with Crippen LogP contribution in [0.15, 0.2) is 49.1 Å². The summed E-state index contributed by atoms with van der Waals surface area (Å²) in [7, 11) is 0. The second-order valence-electron chi connectivity index (χ2n) is 9.41. The van der Waals surface area contributed by atoms with Gasteiger partial charge >= 0.3 is 0 Å². The van der Waals surface area contributed by atoms with Crippen LogP contribution in [0.2, 0.25) is 0 Å². The van der Waals surface area contributed by atoms with E-state index in [1.807, 2.05) is 12.4 Å². The van der Waals surface area contributed by atoms with Crippen molar-refractivity contribution in [3.8, 4) is 22.5 Å². The molecule has 0 spiro atoms. The number of piperidine rings is 1. The lowest BCUT2D eigenvalue weighted by atomic mass is 9.94. The summed E-state index contributed by atoms with van der Waals surface area (Å²) < 4.78 is 0. The Balaban J connectivity index is 1.45. The van der Waals surface area contributed by atoms with Gasteiger partial charge in [-0.05, 0) is 42.5 Å². The van der Waals surface area contributed by atoms with E-state index < -0.39 is 0 Å². The Kier molecular flexibility index (Phi) is 5.03. The third-order valence-corrected chi connectivity index (χ3v) is 6.85. The molecule has 0 saturated carbocycles. The number of nitrogens with two attached hydrogens (primary N) is 1. The third-order valence-electron chi connectivity index (χ3n) is 6.85. The number of nitrogens with zero attached hydrogens (tertiary/aromatic N) is 5. The van der Waals surface area contributed by atoms with Gasteiger partial charge < -0.3 is 15.6 Å². The molecule has 1 aromatic carbocycles. The summed E-state index contributed by atoms with van der Waals surface area (Å²) in [6.45, 7) is 6.33. The summed E-state index contributed by atoms with van der Waals surface area (Å²) in [5.74, 6) is 1.29. The first-order valence-electron chi connectivity index (χ1n) is 11.9. The highest BCUT2D eigenvalue weighted by Gasteiger charge is 2.20. The first-order chi connectivity index (χ1) is 16.6. The fourth-order valence-electron chi connectivity index (χ4n) is 5.06. The predicted octanol–water partition coefficient (Wildman–Crippen LogP) is 4.61. The van der Waals surface area contributed by atoms with E-state index >= 15 is 0 Å². The van der Waals surface area contributed by atoms with Gasteiger partial charge in [0.05, 0.1) is 17.6 Å². The summed E-state index contributed by atoms with van der Waals surface area (Å²) in [5.41, 5.74) is 13.5. The Morgan fingerprint density at radius 3 is 2.71 bits per heavy atom. The van der Waals surface area contributed by atoms with Crippen LogP contribution in [0.3, 0.4) is 0 Å². The monoisotopic (exact) mass is 452 g/mol. The number of rotatable bonds is 4. The topological polar surface area (TPSA) is 112 Å². The van der Waals surface area contributed by atoms with Gasteiger partial charge in [-0.15, -0.1) is 0 Å². The fraction of sp³-hybridized carbons (Fsp3) is 0.308. The van der Waals surface area contributed by atoms with Crippen LogP contribution in [0.1, 0.15) is 38.2 Å². The Labute approximate surface area is 197 Å². The maximum absolute atomic E-state index is 6.08. The van der Waals surface area contributed by atoms with E-state index in [0.29, 0.717) is 12.0 Å². The quantitative estimate of drug-likeness (QED) is 0.367. The van der Waals surface area contributed by atoms with Crippen molar-refractivity contribution in [3.63, 3.8) is 0 Å². The molecule has 5 heterocycles. The minimum absolute atomic E-state index is 0.292. The molecule has 1 fully saturated rings. The molecule has 34 heavy (non-hydrogen) atoms. The average Bonchev–Trinajstić information content (AvgIpc) is 3.49. The minimum atomic E-state index is 0.292. The Morgan fingerprint density at radius 1 is 1.03 bits per heavy atom. The van der Waals surface area contributed by atoms with Crippen LogP contribution in [0.25, 0.3) is 44.5 Å². The first-order valence-corrected chi connectivity index (χ1v) is 11.9. The molecule has 0 radical (unpaired) electrons. The van der Waals surface area contributed by atoms with Gasteiger partial charge in [-0.1, -0.05) is 19.9 Å². The molecule has 4 N–H and O–H groups in total. The zero-order valence-electron chi connectivity index (χ0n) is 19.4. The summed E-state index contributed by atoms with van der Waals surface area (Å²) in [6.07, 6.45) is 7.32. The molecule has 0 amide bonds. The van der Waals surface area contributed by atoms with Crippen LogP contribution in [0.4, 0.5) is 5.82 Å². The largest absolute Gasteiger partial charge is 0.356 e. The zero-order valence-corrected chi connectivity index (χ0v) is 19.4. The van der Waals surface area contributed by atoms with Crippen LogP contribution in [0, 0.1) is 0 Å². The maximum Gasteiger partial charge on any atom is 0.155 e. The smallest absolute Gasteiger partial charge is 0.155 e. The van der Waals surface area contributed by atoms with E-state index in [9.17, 15) is 0 Å². The van der Waals surface area contributed by atoms with Crippen molar-refractivity contribution in [3.05, 3.63) is 54.6 Å². The molecule has 5 aromatic rings. The van der Waals surface area contributed by atoms with E-state index in [-0.39, 0.29) is 0 Å². The SMILES string of the molecule is CC(C)c1c(-c2ccnc3[nH]ncc23)[nH]c2ccc(-c3cc(N4CCC(N)CC4)ncn3)cc12. The van der Waals surface area contributed by atoms with Crippen molar-refractivity contribution in [1.82, 2.24) is 30.1 Å². The second kappa shape index (κ2) is 8.22. The van der Waals surface area contributed by atoms with Crippen LogP contribution in [-0.4, -0.2) is 49.3 Å². The van der Waals surface area contributed by atoms with Crippen molar-refractivity contribution >= 4 is 27.8 Å². The van der Waals surface area contributed by atoms with Crippen molar-refractivity contribution in [2.24, 2.45) is 5.73 Å². The summed E-state index contributed by atoms with van der Waals surface area (Å²) in [6, 6.07) is 11.0. The highest BCUT2D eigenvalue weighted by Crippen LogP contribution is 2.39. The van der Waals surface area contributed by atoms with Gasteiger partial charge in [-0.2, -0.15) is 5.10 Å². The molecule has 1 aliphatic rings. The van der Waals surface area contributed by atoms with Crippen LogP contribution in [0.5, 0.6) is 0 Å². The van der Waals surface area contributed by atoms with Crippen molar-refractivity contribution < 1.29 is 0 Å². The number of H-pyrrole nitrogens is 2. The maximum atomic E-state index is 6.08. The van der Waals surface area contributed by atoms with Gasteiger partial charge in [-0.3, -0.25) is 5.10 Å². The predicted molar refractivity (Wildman–Crippen MR) is 136 cm³/mol. The van der Waals surface area contributed by atoms with E-state index in [0.717, 1.165) is 70.8 Å². The van der Waals surface area contributed by atoms with Crippen molar-refractivity contribution in [2.75, 3.05) is 18.0 Å². The molecule has 0 unspecified atom stereocenters. The zero-order chi connectivity index (χ0) is 23.2. The molecule has 4 aromatic heterocycles. The molecule has 8 heteroatoms. The number of anilines is 1. The average molecular weight is 453 g/mol. The highest BCUT2D eigenvalue weighted by molar-refractivity contribution is 5.99. The second-order valence-corrected chi connectivity index (χ2v) is 9.41. The lowest BCUT2D eigenvalue weighted by molar-refractivity contribution is 0.498. The van der Waals surface area contributed by atoms with E-state index in [1.165, 1.54) is 10.9 Å². The van der Waals surface area contributed by atoms with Gasteiger partial charge in [-0.25, -0.2) is 15.0 Å². The molecule has 172 valence electrons. The first kappa shape index (κ1) is 20.8. The number of fused-ring (bicyclic) bond motifs is 2. The van der Waals surface area contributed by atoms with Gasteiger partial charge in [0.15, 0.2) is 5.65 Å². The number of pyridine rings is 1. The van der Waals surface area contributed by atoms with Gasteiger partial charge in [0.25, 0.3) is 0 Å². The minimum Gasteiger partial charge on any atom is -0.356 e. The molecular formula is C26H28N8. The molecule has 0 aliphatic carbocycles. The van der Waals surface area contributed by atoms with Gasteiger partial charge in [0.2, 0.25) is 0 Å². The molecule has 1 saturated heterocycles. The number of benzene rings is 1. The Hall–Kier alpha value is -3.78. The number of hydrogen-bond acceptors (Lipinski definition) is 6. The van der Waals surface area contributed by atoms with Crippen LogP contribution in [-0.2, 0) is 0 Å². The Bertz CT molecular complexity index is 1470. The molecular weight excluding hydrogens is 424 g/mol. The Morgan fingerprint density at radius 2 is 1.88 bits per heavy atom. The normalized spacial score (nSPS) is 15.1. The molecule has 6 rings (SSSR count). The number of hydrogen-bond donors (Lipinski definition) is 3. The van der Waals surface area contributed by atoms with Gasteiger partial charge in [0.1, 0.15) is 12.1 Å². The van der Waals surface area contributed by atoms with Crippen molar-refractivity contribution in [2.45, 2.75) is 38.6 Å². The molecule has 0 bridgehead atoms. The van der Waals surface area contributed by atoms with Crippen molar-refractivity contribution in [1.29, 1.82) is 0 Å².